The van der Waals surface area contributed by atoms with Crippen LogP contribution in [0.15, 0.2) is 58.4 Å². The summed E-state index contributed by atoms with van der Waals surface area (Å²) in [6, 6.07) is 14.2. The van der Waals surface area contributed by atoms with E-state index < -0.39 is 0 Å². The van der Waals surface area contributed by atoms with Gasteiger partial charge in [-0.15, -0.1) is 5.10 Å². The van der Waals surface area contributed by atoms with Gasteiger partial charge in [0, 0.05) is 10.6 Å². The average molecular weight is 285 g/mol. The van der Waals surface area contributed by atoms with Crippen molar-refractivity contribution < 1.29 is 0 Å². The molecule has 6 heteroatoms. The van der Waals surface area contributed by atoms with E-state index in [1.165, 1.54) is 6.21 Å². The summed E-state index contributed by atoms with van der Waals surface area (Å²) in [5.74, 6) is 0. The van der Waals surface area contributed by atoms with Gasteiger partial charge < -0.3 is 0 Å². The maximum atomic E-state index is 12.1. The van der Waals surface area contributed by atoms with Crippen LogP contribution in [-0.2, 0) is 0 Å². The van der Waals surface area contributed by atoms with Crippen molar-refractivity contribution in [3.05, 3.63) is 69.5 Å². The summed E-state index contributed by atoms with van der Waals surface area (Å²) < 4.78 is 0. The molecule has 0 bridgehead atoms. The third-order valence-corrected chi connectivity index (χ3v) is 3.11. The number of hydrogen-bond acceptors (Lipinski definition) is 4. The van der Waals surface area contributed by atoms with Crippen molar-refractivity contribution in [2.75, 3.05) is 0 Å². The predicted octanol–water partition coefficient (Wildman–Crippen LogP) is 2.33. The van der Waals surface area contributed by atoms with E-state index in [9.17, 15) is 4.79 Å². The molecule has 0 aliphatic carbocycles. The van der Waals surface area contributed by atoms with Crippen LogP contribution in [0.3, 0.4) is 0 Å². The Morgan fingerprint density at radius 1 is 1.10 bits per heavy atom. The van der Waals surface area contributed by atoms with Gasteiger partial charge in [0.25, 0.3) is 5.56 Å². The van der Waals surface area contributed by atoms with Crippen molar-refractivity contribution in [1.29, 1.82) is 0 Å². The fraction of sp³-hybridized carbons (Fsp3) is 0. The molecule has 5 nitrogen and oxygen atoms in total. The molecular weight excluding hydrogens is 276 g/mol. The van der Waals surface area contributed by atoms with E-state index in [1.54, 1.807) is 36.4 Å². The summed E-state index contributed by atoms with van der Waals surface area (Å²) in [5.41, 5.74) is 0.927. The first-order valence-corrected chi connectivity index (χ1v) is 6.27. The quantitative estimate of drug-likeness (QED) is 0.679. The minimum atomic E-state index is -0.320. The van der Waals surface area contributed by atoms with E-state index in [0.29, 0.717) is 21.5 Å². The van der Waals surface area contributed by atoms with Gasteiger partial charge in [0.2, 0.25) is 0 Å². The van der Waals surface area contributed by atoms with Crippen molar-refractivity contribution in [2.24, 2.45) is 5.10 Å². The maximum absolute atomic E-state index is 12.1. The molecule has 0 saturated heterocycles. The molecule has 0 spiro atoms. The molecule has 2 aromatic carbocycles. The molecule has 3 aromatic rings. The van der Waals surface area contributed by atoms with E-state index in [0.717, 1.165) is 4.79 Å². The molecule has 1 aromatic heterocycles. The molecule has 0 aliphatic heterocycles. The minimum Gasteiger partial charge on any atom is -0.265 e. The van der Waals surface area contributed by atoms with E-state index >= 15 is 0 Å². The lowest BCUT2D eigenvalue weighted by Crippen LogP contribution is -2.20. The molecule has 3 rings (SSSR count). The van der Waals surface area contributed by atoms with E-state index in [-0.39, 0.29) is 5.56 Å². The summed E-state index contributed by atoms with van der Waals surface area (Å²) in [5, 5.41) is 12.7. The lowest BCUT2D eigenvalue weighted by atomic mass is 10.2. The molecule has 0 radical (unpaired) electrons. The Morgan fingerprint density at radius 2 is 1.85 bits per heavy atom. The molecule has 20 heavy (non-hydrogen) atoms. The molecule has 0 atom stereocenters. The topological polar surface area (TPSA) is 60.1 Å². The first kappa shape index (κ1) is 12.5. The standard InChI is InChI=1S/C14H9ClN4O/c15-12-7-3-1-5-10(12)9-16-19-14(20)11-6-2-4-8-13(11)17-18-19/h1-9H/b16-9+. The third kappa shape index (κ3) is 2.31. The molecule has 0 unspecified atom stereocenters. The molecule has 0 N–H and O–H groups in total. The Hall–Kier alpha value is -2.53. The number of rotatable bonds is 2. The average Bonchev–Trinajstić information content (AvgIpc) is 2.48. The van der Waals surface area contributed by atoms with Gasteiger partial charge in [-0.3, -0.25) is 4.79 Å². The van der Waals surface area contributed by atoms with Gasteiger partial charge in [-0.25, -0.2) is 0 Å². The Bertz CT molecular complexity index is 857. The van der Waals surface area contributed by atoms with Gasteiger partial charge in [0.1, 0.15) is 5.52 Å². The van der Waals surface area contributed by atoms with Gasteiger partial charge >= 0.3 is 0 Å². The highest BCUT2D eigenvalue weighted by Crippen LogP contribution is 2.12. The van der Waals surface area contributed by atoms with Gasteiger partial charge in [-0.2, -0.15) is 5.10 Å². The summed E-state index contributed by atoms with van der Waals surface area (Å²) in [7, 11) is 0. The molecular formula is C14H9ClN4O. The van der Waals surface area contributed by atoms with Crippen LogP contribution in [0.25, 0.3) is 10.9 Å². The molecule has 98 valence electrons. The first-order valence-electron chi connectivity index (χ1n) is 5.89. The molecule has 0 fully saturated rings. The number of aromatic nitrogens is 3. The summed E-state index contributed by atoms with van der Waals surface area (Å²) in [6.07, 6.45) is 1.48. The zero-order valence-corrected chi connectivity index (χ0v) is 11.0. The molecule has 0 amide bonds. The second-order valence-corrected chi connectivity index (χ2v) is 4.47. The fourth-order valence-corrected chi connectivity index (χ4v) is 1.94. The van der Waals surface area contributed by atoms with Crippen molar-refractivity contribution in [2.45, 2.75) is 0 Å². The van der Waals surface area contributed by atoms with Crippen LogP contribution < -0.4 is 5.56 Å². The largest absolute Gasteiger partial charge is 0.299 e. The van der Waals surface area contributed by atoms with Crippen molar-refractivity contribution >= 4 is 28.7 Å². The van der Waals surface area contributed by atoms with Crippen LogP contribution in [-0.4, -0.2) is 21.3 Å². The van der Waals surface area contributed by atoms with Crippen molar-refractivity contribution in [3.63, 3.8) is 0 Å². The highest BCUT2D eigenvalue weighted by atomic mass is 35.5. The normalized spacial score (nSPS) is 11.2. The lowest BCUT2D eigenvalue weighted by molar-refractivity contribution is 0.641. The van der Waals surface area contributed by atoms with E-state index in [4.69, 9.17) is 11.6 Å². The number of nitrogens with zero attached hydrogens (tertiary/aromatic N) is 4. The highest BCUT2D eigenvalue weighted by Gasteiger charge is 2.03. The number of fused-ring (bicyclic) bond motifs is 1. The summed E-state index contributed by atoms with van der Waals surface area (Å²) in [6.45, 7) is 0. The first-order chi connectivity index (χ1) is 9.75. The molecule has 0 aliphatic rings. The predicted molar refractivity (Wildman–Crippen MR) is 78.2 cm³/mol. The smallest absolute Gasteiger partial charge is 0.265 e. The number of benzene rings is 2. The van der Waals surface area contributed by atoms with Gasteiger partial charge in [0.15, 0.2) is 0 Å². The van der Waals surface area contributed by atoms with Crippen LogP contribution in [0.1, 0.15) is 5.56 Å². The Balaban J connectivity index is 2.06. The number of halogens is 1. The van der Waals surface area contributed by atoms with Gasteiger partial charge in [-0.1, -0.05) is 46.7 Å². The van der Waals surface area contributed by atoms with Crippen LogP contribution in [0.4, 0.5) is 0 Å². The zero-order chi connectivity index (χ0) is 13.9. The third-order valence-electron chi connectivity index (χ3n) is 2.76. The van der Waals surface area contributed by atoms with E-state index in [1.807, 2.05) is 12.1 Å². The van der Waals surface area contributed by atoms with Gasteiger partial charge in [0.05, 0.1) is 11.6 Å². The van der Waals surface area contributed by atoms with Crippen LogP contribution in [0.2, 0.25) is 5.02 Å². The summed E-state index contributed by atoms with van der Waals surface area (Å²) >= 11 is 6.01. The Kier molecular flexibility index (Phi) is 3.26. The Morgan fingerprint density at radius 3 is 2.70 bits per heavy atom. The highest BCUT2D eigenvalue weighted by molar-refractivity contribution is 6.33. The van der Waals surface area contributed by atoms with Gasteiger partial charge in [-0.05, 0) is 23.4 Å². The Labute approximate surface area is 119 Å². The second-order valence-electron chi connectivity index (χ2n) is 4.07. The van der Waals surface area contributed by atoms with Crippen LogP contribution in [0, 0.1) is 0 Å². The second kappa shape index (κ2) is 5.22. The zero-order valence-electron chi connectivity index (χ0n) is 10.3. The SMILES string of the molecule is O=c1c2ccccc2nnn1/N=C/c1ccccc1Cl. The van der Waals surface area contributed by atoms with Crippen molar-refractivity contribution in [1.82, 2.24) is 15.1 Å². The molecule has 1 heterocycles. The molecule has 0 saturated carbocycles. The van der Waals surface area contributed by atoms with Crippen LogP contribution in [0.5, 0.6) is 0 Å². The maximum Gasteiger partial charge on any atom is 0.299 e. The van der Waals surface area contributed by atoms with E-state index in [2.05, 4.69) is 15.4 Å². The minimum absolute atomic E-state index is 0.320. The monoisotopic (exact) mass is 284 g/mol. The van der Waals surface area contributed by atoms with Crippen molar-refractivity contribution in [3.8, 4) is 0 Å². The van der Waals surface area contributed by atoms with Crippen LogP contribution >= 0.6 is 11.6 Å². The lowest BCUT2D eigenvalue weighted by Gasteiger charge is -1.99. The number of hydrogen-bond donors (Lipinski definition) is 0. The summed E-state index contributed by atoms with van der Waals surface area (Å²) in [4.78, 5) is 13.1. The fourth-order valence-electron chi connectivity index (χ4n) is 1.75.